The van der Waals surface area contributed by atoms with E-state index in [0.29, 0.717) is 28.1 Å². The van der Waals surface area contributed by atoms with Crippen LogP contribution in [0.15, 0.2) is 45.1 Å². The first-order valence-corrected chi connectivity index (χ1v) is 7.53. The molecule has 0 aliphatic carbocycles. The average molecular weight is 346 g/mol. The van der Waals surface area contributed by atoms with E-state index in [-0.39, 0.29) is 19.1 Å². The summed E-state index contributed by atoms with van der Waals surface area (Å²) in [5, 5.41) is 3.16. The molecule has 0 aromatic carbocycles. The summed E-state index contributed by atoms with van der Waals surface area (Å²) in [5.74, 6) is 0.913. The lowest BCUT2D eigenvalue weighted by molar-refractivity contribution is -0.142. The number of ether oxygens (including phenoxy) is 1. The van der Waals surface area contributed by atoms with Gasteiger partial charge in [0, 0.05) is 13.0 Å². The Kier molecular flexibility index (Phi) is 4.48. The average Bonchev–Trinajstić information content (AvgIpc) is 3.25. The van der Waals surface area contributed by atoms with E-state index < -0.39 is 5.97 Å². The fraction of sp³-hybridized carbons (Fsp3) is 0.188. The minimum atomic E-state index is -0.391. The van der Waals surface area contributed by atoms with E-state index in [1.165, 1.54) is 18.1 Å². The van der Waals surface area contributed by atoms with Gasteiger partial charge in [-0.1, -0.05) is 0 Å². The Labute approximate surface area is 142 Å². The number of rotatable bonds is 5. The SMILES string of the molecule is CC(=O)OCc1ccc(/C=C2\NC(=S)N(Cc3ccco3)C2=O)o1. The topological polar surface area (TPSA) is 84.9 Å². The number of carbonyl (C=O) groups is 2. The van der Waals surface area contributed by atoms with Crippen LogP contribution in [0.25, 0.3) is 6.08 Å². The zero-order valence-electron chi connectivity index (χ0n) is 12.8. The minimum absolute atomic E-state index is 0.0446. The van der Waals surface area contributed by atoms with Crippen molar-refractivity contribution >= 4 is 35.3 Å². The van der Waals surface area contributed by atoms with Crippen LogP contribution >= 0.6 is 12.2 Å². The van der Waals surface area contributed by atoms with Crippen LogP contribution in [0, 0.1) is 0 Å². The normalized spacial score (nSPS) is 15.9. The van der Waals surface area contributed by atoms with Crippen molar-refractivity contribution in [3.05, 3.63) is 53.5 Å². The first-order valence-electron chi connectivity index (χ1n) is 7.12. The number of thiocarbonyl (C=S) groups is 1. The van der Waals surface area contributed by atoms with Crippen LogP contribution < -0.4 is 5.32 Å². The molecule has 124 valence electrons. The Morgan fingerprint density at radius 3 is 2.92 bits per heavy atom. The molecule has 1 amide bonds. The number of nitrogens with zero attached hydrogens (tertiary/aromatic N) is 1. The van der Waals surface area contributed by atoms with Crippen LogP contribution in [-0.4, -0.2) is 21.9 Å². The zero-order chi connectivity index (χ0) is 17.1. The molecule has 0 unspecified atom stereocenters. The van der Waals surface area contributed by atoms with Gasteiger partial charge in [0.1, 0.15) is 29.6 Å². The second kappa shape index (κ2) is 6.71. The van der Waals surface area contributed by atoms with E-state index in [1.54, 1.807) is 30.3 Å². The second-order valence-corrected chi connectivity index (χ2v) is 5.43. The summed E-state index contributed by atoms with van der Waals surface area (Å²) in [6.07, 6.45) is 3.09. The van der Waals surface area contributed by atoms with Crippen molar-refractivity contribution in [2.45, 2.75) is 20.1 Å². The molecule has 1 aliphatic heterocycles. The maximum atomic E-state index is 12.4. The van der Waals surface area contributed by atoms with Crippen LogP contribution in [0.3, 0.4) is 0 Å². The number of hydrogen-bond acceptors (Lipinski definition) is 6. The van der Waals surface area contributed by atoms with E-state index in [2.05, 4.69) is 5.32 Å². The molecule has 8 heteroatoms. The van der Waals surface area contributed by atoms with Gasteiger partial charge in [-0.15, -0.1) is 0 Å². The summed E-state index contributed by atoms with van der Waals surface area (Å²) in [5.41, 5.74) is 0.306. The zero-order valence-corrected chi connectivity index (χ0v) is 13.6. The van der Waals surface area contributed by atoms with Crippen molar-refractivity contribution in [1.29, 1.82) is 0 Å². The predicted octanol–water partition coefficient (Wildman–Crippen LogP) is 2.19. The summed E-state index contributed by atoms with van der Waals surface area (Å²) in [7, 11) is 0. The van der Waals surface area contributed by atoms with Gasteiger partial charge in [-0.05, 0) is 36.5 Å². The van der Waals surface area contributed by atoms with Gasteiger partial charge in [-0.25, -0.2) is 0 Å². The van der Waals surface area contributed by atoms with Gasteiger partial charge >= 0.3 is 5.97 Å². The highest BCUT2D eigenvalue weighted by molar-refractivity contribution is 7.80. The van der Waals surface area contributed by atoms with Gasteiger partial charge in [-0.3, -0.25) is 14.5 Å². The summed E-state index contributed by atoms with van der Waals surface area (Å²) < 4.78 is 15.6. The highest BCUT2D eigenvalue weighted by Crippen LogP contribution is 2.19. The summed E-state index contributed by atoms with van der Waals surface area (Å²) in [6, 6.07) is 6.87. The molecule has 2 aromatic heterocycles. The number of hydrogen-bond donors (Lipinski definition) is 1. The molecule has 3 heterocycles. The fourth-order valence-electron chi connectivity index (χ4n) is 2.14. The van der Waals surface area contributed by atoms with Gasteiger partial charge in [-0.2, -0.15) is 0 Å². The Morgan fingerprint density at radius 1 is 1.38 bits per heavy atom. The van der Waals surface area contributed by atoms with Crippen LogP contribution in [0.2, 0.25) is 0 Å². The molecular formula is C16H14N2O5S. The lowest BCUT2D eigenvalue weighted by Crippen LogP contribution is -2.29. The molecule has 7 nitrogen and oxygen atoms in total. The number of furan rings is 2. The molecule has 2 aromatic rings. The maximum Gasteiger partial charge on any atom is 0.303 e. The molecule has 1 aliphatic rings. The van der Waals surface area contributed by atoms with Crippen LogP contribution in [0.1, 0.15) is 24.2 Å². The molecule has 1 fully saturated rings. The minimum Gasteiger partial charge on any atom is -0.467 e. The van der Waals surface area contributed by atoms with Crippen molar-refractivity contribution in [1.82, 2.24) is 10.2 Å². The molecule has 3 rings (SSSR count). The Bertz CT molecular complexity index is 806. The lowest BCUT2D eigenvalue weighted by atomic mass is 10.3. The summed E-state index contributed by atoms with van der Waals surface area (Å²) >= 11 is 5.18. The number of carbonyl (C=O) groups excluding carboxylic acids is 2. The predicted molar refractivity (Wildman–Crippen MR) is 87.1 cm³/mol. The maximum absolute atomic E-state index is 12.4. The third-order valence-corrected chi connectivity index (χ3v) is 3.57. The lowest BCUT2D eigenvalue weighted by Gasteiger charge is -2.11. The van der Waals surface area contributed by atoms with E-state index in [0.717, 1.165) is 0 Å². The largest absolute Gasteiger partial charge is 0.467 e. The van der Waals surface area contributed by atoms with Gasteiger partial charge in [0.15, 0.2) is 5.11 Å². The van der Waals surface area contributed by atoms with Crippen LogP contribution in [0.5, 0.6) is 0 Å². The standard InChI is InChI=1S/C16H14N2O5S/c1-10(19)22-9-13-5-4-11(23-13)7-14-15(20)18(16(24)17-14)8-12-3-2-6-21-12/h2-7H,8-9H2,1H3,(H,17,24)/b14-7-. The second-order valence-electron chi connectivity index (χ2n) is 5.04. The first-order chi connectivity index (χ1) is 11.5. The summed E-state index contributed by atoms with van der Waals surface area (Å²) in [6.45, 7) is 1.62. The molecule has 0 radical (unpaired) electrons. The molecule has 0 bridgehead atoms. The highest BCUT2D eigenvalue weighted by atomic mass is 32.1. The Hall–Kier alpha value is -2.87. The van der Waals surface area contributed by atoms with Crippen molar-refractivity contribution in [2.75, 3.05) is 0 Å². The quantitative estimate of drug-likeness (QED) is 0.505. The summed E-state index contributed by atoms with van der Waals surface area (Å²) in [4.78, 5) is 24.6. The van der Waals surface area contributed by atoms with Crippen molar-refractivity contribution in [2.24, 2.45) is 0 Å². The van der Waals surface area contributed by atoms with Crippen molar-refractivity contribution in [3.63, 3.8) is 0 Å². The molecule has 0 spiro atoms. The molecule has 1 N–H and O–H groups in total. The molecule has 0 atom stereocenters. The fourth-order valence-corrected chi connectivity index (χ4v) is 2.40. The van der Waals surface area contributed by atoms with E-state index in [4.69, 9.17) is 25.8 Å². The third-order valence-electron chi connectivity index (χ3n) is 3.24. The number of nitrogens with one attached hydrogen (secondary N) is 1. The van der Waals surface area contributed by atoms with Crippen molar-refractivity contribution < 1.29 is 23.2 Å². The Morgan fingerprint density at radius 2 is 2.21 bits per heavy atom. The third kappa shape index (κ3) is 3.54. The van der Waals surface area contributed by atoms with Crippen LogP contribution in [0.4, 0.5) is 0 Å². The van der Waals surface area contributed by atoms with E-state index in [1.807, 2.05) is 0 Å². The molecule has 0 saturated carbocycles. The van der Waals surface area contributed by atoms with Gasteiger partial charge < -0.3 is 18.9 Å². The Balaban J connectivity index is 1.70. The molecule has 24 heavy (non-hydrogen) atoms. The van der Waals surface area contributed by atoms with E-state index in [9.17, 15) is 9.59 Å². The smallest absolute Gasteiger partial charge is 0.303 e. The van der Waals surface area contributed by atoms with Crippen molar-refractivity contribution in [3.8, 4) is 0 Å². The van der Waals surface area contributed by atoms with Gasteiger partial charge in [0.05, 0.1) is 12.8 Å². The highest BCUT2D eigenvalue weighted by Gasteiger charge is 2.31. The van der Waals surface area contributed by atoms with Crippen LogP contribution in [-0.2, 0) is 27.5 Å². The molecule has 1 saturated heterocycles. The van der Waals surface area contributed by atoms with Gasteiger partial charge in [0.2, 0.25) is 0 Å². The number of amides is 1. The van der Waals surface area contributed by atoms with E-state index >= 15 is 0 Å². The first kappa shape index (κ1) is 16.0. The monoisotopic (exact) mass is 346 g/mol. The number of esters is 1. The van der Waals surface area contributed by atoms with Gasteiger partial charge in [0.25, 0.3) is 5.91 Å². The molecular weight excluding hydrogens is 332 g/mol.